The van der Waals surface area contributed by atoms with Crippen molar-refractivity contribution in [2.45, 2.75) is 75.6 Å². The predicted molar refractivity (Wildman–Crippen MR) is 149 cm³/mol. The van der Waals surface area contributed by atoms with E-state index in [4.69, 9.17) is 23.7 Å². The molecule has 0 bridgehead atoms. The molecule has 2 fully saturated rings. The standard InChI is InChI=1S/C31H37NO11/c1-14-26(33)17(32-8-9-41-21(13-32)40-4)10-20(42-14)43-19-12-31(2,38)11-16-23(19)30(37)25-24(28(16)35)27(34)15-6-5-7-18(39-3)22(15)29(25)36/h5-7,14,17,19-21,26,33,35,37-38H,8-13H2,1-4H3/t14?,17?,19?,20-,21?,26?,31-/m0/s1. The summed E-state index contributed by atoms with van der Waals surface area (Å²) in [6, 6.07) is 4.23. The van der Waals surface area contributed by atoms with Crippen LogP contribution in [0.15, 0.2) is 18.2 Å². The Hall–Kier alpha value is -3.10. The van der Waals surface area contributed by atoms with Crippen molar-refractivity contribution in [3.8, 4) is 17.2 Å². The zero-order valence-electron chi connectivity index (χ0n) is 24.5. The summed E-state index contributed by atoms with van der Waals surface area (Å²) in [5.41, 5.74) is -1.74. The second kappa shape index (κ2) is 11.1. The van der Waals surface area contributed by atoms with E-state index >= 15 is 0 Å². The third-order valence-electron chi connectivity index (χ3n) is 9.06. The lowest BCUT2D eigenvalue weighted by Crippen LogP contribution is -2.59. The molecular formula is C31H37NO11. The van der Waals surface area contributed by atoms with E-state index < -0.39 is 59.6 Å². The molecule has 2 aliphatic heterocycles. The topological polar surface area (TPSA) is 164 Å². The third-order valence-corrected chi connectivity index (χ3v) is 9.06. The summed E-state index contributed by atoms with van der Waals surface area (Å²) in [5, 5.41) is 45.4. The Morgan fingerprint density at radius 1 is 1.05 bits per heavy atom. The zero-order valence-corrected chi connectivity index (χ0v) is 24.5. The van der Waals surface area contributed by atoms with Crippen molar-refractivity contribution in [1.29, 1.82) is 0 Å². The van der Waals surface area contributed by atoms with Crippen LogP contribution in [0.3, 0.4) is 0 Å². The highest BCUT2D eigenvalue weighted by molar-refractivity contribution is 6.31. The number of phenols is 2. The predicted octanol–water partition coefficient (Wildman–Crippen LogP) is 1.81. The fourth-order valence-corrected chi connectivity index (χ4v) is 6.96. The number of aromatic hydroxyl groups is 2. The molecule has 2 saturated heterocycles. The lowest BCUT2D eigenvalue weighted by Gasteiger charge is -2.46. The minimum atomic E-state index is -1.38. The summed E-state index contributed by atoms with van der Waals surface area (Å²) in [4.78, 5) is 29.5. The highest BCUT2D eigenvalue weighted by Gasteiger charge is 2.47. The molecule has 43 heavy (non-hydrogen) atoms. The summed E-state index contributed by atoms with van der Waals surface area (Å²) in [7, 11) is 2.93. The number of phenolic OH excluding ortho intramolecular Hbond substituents is 2. The summed E-state index contributed by atoms with van der Waals surface area (Å²) in [6.45, 7) is 4.76. The summed E-state index contributed by atoms with van der Waals surface area (Å²) >= 11 is 0. The van der Waals surface area contributed by atoms with E-state index in [0.717, 1.165) is 0 Å². The highest BCUT2D eigenvalue weighted by Crippen LogP contribution is 2.52. The monoisotopic (exact) mass is 599 g/mol. The average molecular weight is 600 g/mol. The first-order valence-corrected chi connectivity index (χ1v) is 14.4. The summed E-state index contributed by atoms with van der Waals surface area (Å²) in [6.07, 6.45) is -3.56. The van der Waals surface area contributed by atoms with Crippen LogP contribution in [-0.2, 0) is 25.4 Å². The van der Waals surface area contributed by atoms with Crippen LogP contribution < -0.4 is 4.74 Å². The van der Waals surface area contributed by atoms with Crippen LogP contribution in [0.1, 0.15) is 75.8 Å². The molecule has 2 aromatic rings. The quantitative estimate of drug-likeness (QED) is 0.315. The Morgan fingerprint density at radius 2 is 1.79 bits per heavy atom. The van der Waals surface area contributed by atoms with E-state index in [2.05, 4.69) is 4.90 Å². The number of rotatable bonds is 5. The summed E-state index contributed by atoms with van der Waals surface area (Å²) in [5.74, 6) is -2.10. The van der Waals surface area contributed by atoms with Crippen molar-refractivity contribution in [3.05, 3.63) is 51.6 Å². The van der Waals surface area contributed by atoms with Gasteiger partial charge in [0.2, 0.25) is 5.78 Å². The number of nitrogens with zero attached hydrogens (tertiary/aromatic N) is 1. The molecule has 0 amide bonds. The molecular weight excluding hydrogens is 562 g/mol. The van der Waals surface area contributed by atoms with Gasteiger partial charge in [-0.3, -0.25) is 14.5 Å². The fourth-order valence-electron chi connectivity index (χ4n) is 6.96. The molecule has 7 atom stereocenters. The van der Waals surface area contributed by atoms with Gasteiger partial charge in [0.1, 0.15) is 17.2 Å². The van der Waals surface area contributed by atoms with Gasteiger partial charge < -0.3 is 44.1 Å². The van der Waals surface area contributed by atoms with E-state index in [1.165, 1.54) is 13.2 Å². The van der Waals surface area contributed by atoms with Crippen molar-refractivity contribution >= 4 is 11.6 Å². The number of ketones is 2. The largest absolute Gasteiger partial charge is 0.507 e. The Balaban J connectivity index is 1.38. The molecule has 2 aliphatic carbocycles. The first kappa shape index (κ1) is 29.9. The number of methoxy groups -OCH3 is 2. The van der Waals surface area contributed by atoms with Crippen LogP contribution in [0.2, 0.25) is 0 Å². The molecule has 4 aliphatic rings. The van der Waals surface area contributed by atoms with Crippen molar-refractivity contribution in [1.82, 2.24) is 4.90 Å². The maximum Gasteiger partial charge on any atom is 0.202 e. The number of ether oxygens (including phenoxy) is 5. The number of hydrogen-bond acceptors (Lipinski definition) is 12. The number of hydrogen-bond donors (Lipinski definition) is 4. The number of carbonyl (C=O) groups is 2. The van der Waals surface area contributed by atoms with E-state index in [9.17, 15) is 30.0 Å². The van der Waals surface area contributed by atoms with E-state index in [-0.39, 0.29) is 64.4 Å². The van der Waals surface area contributed by atoms with Gasteiger partial charge in [0, 0.05) is 62.2 Å². The molecule has 5 unspecified atom stereocenters. The molecule has 0 saturated carbocycles. The first-order valence-electron chi connectivity index (χ1n) is 14.4. The van der Waals surface area contributed by atoms with E-state index in [0.29, 0.717) is 19.7 Å². The number of aliphatic hydroxyl groups is 2. The molecule has 0 radical (unpaired) electrons. The Bertz CT molecular complexity index is 1460. The van der Waals surface area contributed by atoms with Crippen LogP contribution in [0.4, 0.5) is 0 Å². The lowest BCUT2D eigenvalue weighted by atomic mass is 9.73. The van der Waals surface area contributed by atoms with Gasteiger partial charge in [0.15, 0.2) is 18.4 Å². The molecule has 232 valence electrons. The molecule has 4 N–H and O–H groups in total. The minimum absolute atomic E-state index is 0.00133. The Kier molecular flexibility index (Phi) is 7.74. The van der Waals surface area contributed by atoms with Gasteiger partial charge in [0.25, 0.3) is 0 Å². The molecule has 6 rings (SSSR count). The van der Waals surface area contributed by atoms with Crippen molar-refractivity contribution in [3.63, 3.8) is 0 Å². The molecule has 2 heterocycles. The van der Waals surface area contributed by atoms with Crippen LogP contribution in [0, 0.1) is 0 Å². The second-order valence-electron chi connectivity index (χ2n) is 12.0. The van der Waals surface area contributed by atoms with E-state index in [1.807, 2.05) is 0 Å². The van der Waals surface area contributed by atoms with Crippen LogP contribution in [-0.4, -0.2) is 107 Å². The molecule has 12 nitrogen and oxygen atoms in total. The smallest absolute Gasteiger partial charge is 0.202 e. The third kappa shape index (κ3) is 5.00. The van der Waals surface area contributed by atoms with Crippen LogP contribution in [0.25, 0.3) is 0 Å². The lowest BCUT2D eigenvalue weighted by molar-refractivity contribution is -0.266. The van der Waals surface area contributed by atoms with Crippen LogP contribution >= 0.6 is 0 Å². The maximum absolute atomic E-state index is 13.8. The van der Waals surface area contributed by atoms with E-state index in [1.54, 1.807) is 33.1 Å². The number of aliphatic hydroxyl groups excluding tert-OH is 1. The molecule has 12 heteroatoms. The van der Waals surface area contributed by atoms with Crippen LogP contribution in [0.5, 0.6) is 17.2 Å². The fraction of sp³-hybridized carbons (Fsp3) is 0.548. The highest BCUT2D eigenvalue weighted by atomic mass is 16.7. The molecule has 2 aromatic carbocycles. The number of morpholine rings is 1. The molecule has 0 spiro atoms. The maximum atomic E-state index is 13.8. The average Bonchev–Trinajstić information content (AvgIpc) is 2.98. The normalized spacial score (nSPS) is 32.6. The number of carbonyl (C=O) groups excluding carboxylic acids is 2. The van der Waals surface area contributed by atoms with Gasteiger partial charge in [-0.25, -0.2) is 0 Å². The number of benzene rings is 2. The second-order valence-corrected chi connectivity index (χ2v) is 12.0. The Labute approximate surface area is 248 Å². The zero-order chi connectivity index (χ0) is 30.8. The summed E-state index contributed by atoms with van der Waals surface area (Å²) < 4.78 is 28.7. The van der Waals surface area contributed by atoms with Gasteiger partial charge in [-0.1, -0.05) is 12.1 Å². The minimum Gasteiger partial charge on any atom is -0.507 e. The Morgan fingerprint density at radius 3 is 2.51 bits per heavy atom. The van der Waals surface area contributed by atoms with Gasteiger partial charge in [-0.15, -0.1) is 0 Å². The van der Waals surface area contributed by atoms with Gasteiger partial charge in [0.05, 0.1) is 54.3 Å². The van der Waals surface area contributed by atoms with Crippen molar-refractivity contribution in [2.75, 3.05) is 33.9 Å². The van der Waals surface area contributed by atoms with Crippen molar-refractivity contribution < 1.29 is 53.7 Å². The van der Waals surface area contributed by atoms with Gasteiger partial charge in [-0.05, 0) is 19.9 Å². The first-order chi connectivity index (χ1) is 20.5. The van der Waals surface area contributed by atoms with Crippen molar-refractivity contribution in [2.24, 2.45) is 0 Å². The number of fused-ring (bicyclic) bond motifs is 3. The SMILES string of the molecule is COc1cccc2c1C(=O)c1c(O)c3c(c(O)c1C2=O)C[C@](C)(O)CC3O[C@H]1CC(N2CCOC(OC)C2)C(O)C(C)O1. The molecule has 0 aromatic heterocycles. The van der Waals surface area contributed by atoms with Gasteiger partial charge >= 0.3 is 0 Å². The van der Waals surface area contributed by atoms with Gasteiger partial charge in [-0.2, -0.15) is 0 Å².